The van der Waals surface area contributed by atoms with Gasteiger partial charge in [0, 0.05) is 6.54 Å². The summed E-state index contributed by atoms with van der Waals surface area (Å²) in [5, 5.41) is 5.42. The fourth-order valence-electron chi connectivity index (χ4n) is 2.99. The minimum atomic E-state index is -0.943. The summed E-state index contributed by atoms with van der Waals surface area (Å²) in [5.41, 5.74) is -0.0439. The molecule has 1 fully saturated rings. The normalized spacial score (nSPS) is 20.0. The van der Waals surface area contributed by atoms with Gasteiger partial charge in [-0.15, -0.1) is 0 Å². The molecule has 0 radical (unpaired) electrons. The first-order chi connectivity index (χ1) is 11.7. The summed E-state index contributed by atoms with van der Waals surface area (Å²) in [6, 6.07) is 6.76. The van der Waals surface area contributed by atoms with E-state index in [4.69, 9.17) is 4.74 Å². The number of urea groups is 1. The second-order valence-electron chi connectivity index (χ2n) is 6.88. The molecule has 7 nitrogen and oxygen atoms in total. The molecule has 1 aromatic rings. The van der Waals surface area contributed by atoms with Crippen molar-refractivity contribution in [3.05, 3.63) is 29.8 Å². The minimum absolute atomic E-state index is 0.248. The first kappa shape index (κ1) is 18.8. The van der Waals surface area contributed by atoms with Crippen molar-refractivity contribution in [3.8, 4) is 5.75 Å². The van der Waals surface area contributed by atoms with Crippen LogP contribution in [0, 0.1) is 5.92 Å². The molecule has 7 heteroatoms. The van der Waals surface area contributed by atoms with Gasteiger partial charge in [0.25, 0.3) is 5.91 Å². The Morgan fingerprint density at radius 3 is 2.48 bits per heavy atom. The van der Waals surface area contributed by atoms with Crippen molar-refractivity contribution < 1.29 is 19.1 Å². The summed E-state index contributed by atoms with van der Waals surface area (Å²) in [5.74, 6) is 0.246. The fraction of sp³-hybridized carbons (Fsp3) is 0.500. The third-order valence-corrected chi connectivity index (χ3v) is 4.11. The van der Waals surface area contributed by atoms with Crippen LogP contribution in [0.2, 0.25) is 0 Å². The van der Waals surface area contributed by atoms with Gasteiger partial charge >= 0.3 is 6.03 Å². The van der Waals surface area contributed by atoms with Gasteiger partial charge in [0.15, 0.2) is 0 Å². The highest BCUT2D eigenvalue weighted by Crippen LogP contribution is 2.24. The van der Waals surface area contributed by atoms with Crippen LogP contribution in [-0.2, 0) is 16.1 Å². The van der Waals surface area contributed by atoms with E-state index in [0.29, 0.717) is 13.0 Å². The summed E-state index contributed by atoms with van der Waals surface area (Å²) >= 11 is 0. The van der Waals surface area contributed by atoms with Crippen molar-refractivity contribution in [2.75, 3.05) is 13.7 Å². The lowest BCUT2D eigenvalue weighted by molar-refractivity contribution is -0.135. The van der Waals surface area contributed by atoms with Crippen LogP contribution in [0.3, 0.4) is 0 Å². The monoisotopic (exact) mass is 347 g/mol. The van der Waals surface area contributed by atoms with Crippen LogP contribution in [0.5, 0.6) is 5.75 Å². The number of nitrogens with zero attached hydrogens (tertiary/aromatic N) is 1. The van der Waals surface area contributed by atoms with Gasteiger partial charge in [0.05, 0.1) is 7.11 Å². The number of benzene rings is 1. The number of ether oxygens (including phenoxy) is 1. The summed E-state index contributed by atoms with van der Waals surface area (Å²) in [4.78, 5) is 37.7. The number of imide groups is 1. The Labute approximate surface area is 147 Å². The molecule has 1 atom stereocenters. The van der Waals surface area contributed by atoms with Crippen LogP contribution in [0.25, 0.3) is 0 Å². The first-order valence-corrected chi connectivity index (χ1v) is 8.29. The van der Waals surface area contributed by atoms with E-state index in [9.17, 15) is 14.4 Å². The number of amides is 4. The molecule has 0 aromatic heterocycles. The van der Waals surface area contributed by atoms with Crippen molar-refractivity contribution >= 4 is 17.8 Å². The number of nitrogens with one attached hydrogen (secondary N) is 2. The number of hydrogen-bond donors (Lipinski definition) is 2. The van der Waals surface area contributed by atoms with Crippen molar-refractivity contribution in [1.29, 1.82) is 0 Å². The van der Waals surface area contributed by atoms with E-state index in [0.717, 1.165) is 16.2 Å². The molecule has 2 N–H and O–H groups in total. The molecule has 1 saturated heterocycles. The standard InChI is InChI=1S/C18H25N3O4/c1-12(2)9-18(3)16(23)21(17(24)20-18)11-15(22)19-10-13-5-7-14(25-4)8-6-13/h5-8,12H,9-11H2,1-4H3,(H,19,22)(H,20,24)/t18-/m0/s1. The van der Waals surface area contributed by atoms with Gasteiger partial charge in [0.2, 0.25) is 5.91 Å². The van der Waals surface area contributed by atoms with Crippen LogP contribution in [-0.4, -0.2) is 41.9 Å². The van der Waals surface area contributed by atoms with Gasteiger partial charge in [0.1, 0.15) is 17.8 Å². The van der Waals surface area contributed by atoms with Crippen molar-refractivity contribution in [2.24, 2.45) is 5.92 Å². The summed E-state index contributed by atoms with van der Waals surface area (Å²) in [7, 11) is 1.59. The van der Waals surface area contributed by atoms with Crippen LogP contribution in [0.4, 0.5) is 4.79 Å². The molecule has 0 spiro atoms. The molecule has 4 amide bonds. The average Bonchev–Trinajstić information content (AvgIpc) is 2.75. The number of hydrogen-bond acceptors (Lipinski definition) is 4. The Bertz CT molecular complexity index is 657. The molecule has 0 bridgehead atoms. The lowest BCUT2D eigenvalue weighted by atomic mass is 9.91. The van der Waals surface area contributed by atoms with E-state index in [2.05, 4.69) is 10.6 Å². The molecule has 0 saturated carbocycles. The molecular formula is C18H25N3O4. The molecule has 0 unspecified atom stereocenters. The van der Waals surface area contributed by atoms with Gasteiger partial charge in [-0.2, -0.15) is 0 Å². The third-order valence-electron chi connectivity index (χ3n) is 4.11. The lowest BCUT2D eigenvalue weighted by Crippen LogP contribution is -2.46. The van der Waals surface area contributed by atoms with Crippen LogP contribution in [0.15, 0.2) is 24.3 Å². The zero-order valence-corrected chi connectivity index (χ0v) is 15.1. The Kier molecular flexibility index (Phi) is 5.66. The number of carbonyl (C=O) groups excluding carboxylic acids is 3. The number of carbonyl (C=O) groups is 3. The maximum absolute atomic E-state index is 12.5. The third kappa shape index (κ3) is 4.49. The van der Waals surface area contributed by atoms with E-state index in [1.807, 2.05) is 26.0 Å². The maximum atomic E-state index is 12.5. The van der Waals surface area contributed by atoms with E-state index >= 15 is 0 Å². The van der Waals surface area contributed by atoms with Crippen molar-refractivity contribution in [3.63, 3.8) is 0 Å². The first-order valence-electron chi connectivity index (χ1n) is 8.29. The highest BCUT2D eigenvalue weighted by Gasteiger charge is 2.48. The summed E-state index contributed by atoms with van der Waals surface area (Å²) in [6.07, 6.45) is 0.529. The minimum Gasteiger partial charge on any atom is -0.497 e. The fourth-order valence-corrected chi connectivity index (χ4v) is 2.99. The zero-order chi connectivity index (χ0) is 18.6. The predicted molar refractivity (Wildman–Crippen MR) is 92.9 cm³/mol. The highest BCUT2D eigenvalue weighted by molar-refractivity contribution is 6.08. The molecule has 1 aliphatic heterocycles. The molecule has 1 aromatic carbocycles. The summed E-state index contributed by atoms with van der Waals surface area (Å²) < 4.78 is 5.08. The van der Waals surface area contributed by atoms with Crippen molar-refractivity contribution in [2.45, 2.75) is 39.3 Å². The smallest absolute Gasteiger partial charge is 0.325 e. The Balaban J connectivity index is 1.91. The molecule has 2 rings (SSSR count). The van der Waals surface area contributed by atoms with E-state index < -0.39 is 11.6 Å². The number of methoxy groups -OCH3 is 1. The van der Waals surface area contributed by atoms with Crippen LogP contribution >= 0.6 is 0 Å². The second-order valence-corrected chi connectivity index (χ2v) is 6.88. The van der Waals surface area contributed by atoms with E-state index in [-0.39, 0.29) is 24.3 Å². The highest BCUT2D eigenvalue weighted by atomic mass is 16.5. The topological polar surface area (TPSA) is 87.7 Å². The van der Waals surface area contributed by atoms with Crippen LogP contribution in [0.1, 0.15) is 32.8 Å². The molecule has 1 aliphatic rings. The van der Waals surface area contributed by atoms with E-state index in [1.54, 1.807) is 26.2 Å². The van der Waals surface area contributed by atoms with Crippen LogP contribution < -0.4 is 15.4 Å². The summed E-state index contributed by atoms with van der Waals surface area (Å²) in [6.45, 7) is 5.69. The Hall–Kier alpha value is -2.57. The predicted octanol–water partition coefficient (Wildman–Crippen LogP) is 1.67. The van der Waals surface area contributed by atoms with Gasteiger partial charge in [-0.25, -0.2) is 4.79 Å². The van der Waals surface area contributed by atoms with Gasteiger partial charge < -0.3 is 15.4 Å². The quantitative estimate of drug-likeness (QED) is 0.735. The molecule has 0 aliphatic carbocycles. The molecule has 1 heterocycles. The van der Waals surface area contributed by atoms with Crippen molar-refractivity contribution in [1.82, 2.24) is 15.5 Å². The zero-order valence-electron chi connectivity index (χ0n) is 15.1. The molecule has 136 valence electrons. The SMILES string of the molecule is COc1ccc(CNC(=O)CN2C(=O)N[C@@](C)(CC(C)C)C2=O)cc1. The molecule has 25 heavy (non-hydrogen) atoms. The average molecular weight is 347 g/mol. The van der Waals surface area contributed by atoms with Gasteiger partial charge in [-0.1, -0.05) is 26.0 Å². The Morgan fingerprint density at radius 1 is 1.28 bits per heavy atom. The largest absolute Gasteiger partial charge is 0.497 e. The van der Waals surface area contributed by atoms with Gasteiger partial charge in [-0.05, 0) is 37.0 Å². The maximum Gasteiger partial charge on any atom is 0.325 e. The number of rotatable bonds is 7. The lowest BCUT2D eigenvalue weighted by Gasteiger charge is -2.23. The second kappa shape index (κ2) is 7.55. The molecular weight excluding hydrogens is 322 g/mol. The van der Waals surface area contributed by atoms with Gasteiger partial charge in [-0.3, -0.25) is 14.5 Å². The van der Waals surface area contributed by atoms with E-state index in [1.165, 1.54) is 0 Å². The Morgan fingerprint density at radius 2 is 1.92 bits per heavy atom.